The van der Waals surface area contributed by atoms with Crippen molar-refractivity contribution in [1.82, 2.24) is 4.98 Å². The summed E-state index contributed by atoms with van der Waals surface area (Å²) in [6, 6.07) is 0. The third-order valence-electron chi connectivity index (χ3n) is 1.28. The molecule has 0 saturated heterocycles. The zero-order valence-corrected chi connectivity index (χ0v) is 7.33. The number of nitrogens with two attached hydrogens (primary N) is 1. The molecule has 0 unspecified atom stereocenters. The van der Waals surface area contributed by atoms with Gasteiger partial charge in [0.15, 0.2) is 0 Å². The van der Waals surface area contributed by atoms with Gasteiger partial charge in [-0.05, 0) is 20.8 Å². The lowest BCUT2D eigenvalue weighted by Crippen LogP contribution is -2.28. The second kappa shape index (κ2) is 2.32. The van der Waals surface area contributed by atoms with Crippen LogP contribution in [0.4, 0.5) is 0 Å². The average Bonchev–Trinajstić information content (AvgIpc) is 2.11. The maximum atomic E-state index is 5.81. The number of aryl methyl sites for hydroxylation is 1. The van der Waals surface area contributed by atoms with Crippen molar-refractivity contribution in [2.75, 3.05) is 0 Å². The molecule has 0 radical (unpaired) electrons. The van der Waals surface area contributed by atoms with Gasteiger partial charge in [-0.1, -0.05) is 0 Å². The lowest BCUT2D eigenvalue weighted by atomic mass is 10.0. The maximum Gasteiger partial charge on any atom is 0.0898 e. The number of hydrogen-bond acceptors (Lipinski definition) is 3. The fourth-order valence-corrected chi connectivity index (χ4v) is 1.45. The quantitative estimate of drug-likeness (QED) is 0.671. The third kappa shape index (κ3) is 1.55. The summed E-state index contributed by atoms with van der Waals surface area (Å²) in [7, 11) is 0. The molecule has 0 spiro atoms. The van der Waals surface area contributed by atoms with E-state index in [1.54, 1.807) is 11.3 Å². The predicted octanol–water partition coefficient (Wildman–Crippen LogP) is 1.65. The molecule has 0 aliphatic carbocycles. The van der Waals surface area contributed by atoms with E-state index >= 15 is 0 Å². The summed E-state index contributed by atoms with van der Waals surface area (Å²) in [5.74, 6) is 0. The Balaban J connectivity index is 2.96. The Hall–Kier alpha value is -0.410. The van der Waals surface area contributed by atoms with E-state index in [-0.39, 0.29) is 5.54 Å². The van der Waals surface area contributed by atoms with Crippen LogP contribution in [0, 0.1) is 6.92 Å². The normalized spacial score (nSPS) is 12.0. The Bertz CT molecular complexity index is 222. The molecule has 2 nitrogen and oxygen atoms in total. The molecule has 0 atom stereocenters. The summed E-state index contributed by atoms with van der Waals surface area (Å²) in [5.41, 5.74) is 6.51. The summed E-state index contributed by atoms with van der Waals surface area (Å²) in [4.78, 5) is 4.28. The van der Waals surface area contributed by atoms with E-state index < -0.39 is 0 Å². The minimum absolute atomic E-state index is 0.287. The lowest BCUT2D eigenvalue weighted by molar-refractivity contribution is 0.538. The predicted molar refractivity (Wildman–Crippen MR) is 44.1 cm³/mol. The van der Waals surface area contributed by atoms with Crippen LogP contribution >= 0.6 is 11.3 Å². The van der Waals surface area contributed by atoms with Crippen LogP contribution in [0.1, 0.15) is 24.5 Å². The highest BCUT2D eigenvalue weighted by atomic mass is 32.1. The molecule has 10 heavy (non-hydrogen) atoms. The first-order chi connectivity index (χ1) is 4.50. The zero-order chi connectivity index (χ0) is 7.78. The van der Waals surface area contributed by atoms with Crippen molar-refractivity contribution in [3.05, 3.63) is 16.1 Å². The number of thiazole rings is 1. The zero-order valence-electron chi connectivity index (χ0n) is 6.51. The van der Waals surface area contributed by atoms with E-state index in [2.05, 4.69) is 4.98 Å². The highest BCUT2D eigenvalue weighted by Gasteiger charge is 2.16. The van der Waals surface area contributed by atoms with Crippen LogP contribution in [0.25, 0.3) is 0 Å². The van der Waals surface area contributed by atoms with E-state index in [0.717, 1.165) is 10.7 Å². The molecule has 0 aliphatic rings. The summed E-state index contributed by atoms with van der Waals surface area (Å²) in [5, 5.41) is 3.09. The molecule has 0 fully saturated rings. The van der Waals surface area contributed by atoms with Gasteiger partial charge >= 0.3 is 0 Å². The molecule has 0 aliphatic heterocycles. The molecule has 0 saturated carbocycles. The first kappa shape index (κ1) is 7.69. The van der Waals surface area contributed by atoms with Gasteiger partial charge in [0.1, 0.15) is 0 Å². The summed E-state index contributed by atoms with van der Waals surface area (Å²) in [6.45, 7) is 5.91. The second-order valence-corrected chi connectivity index (χ2v) is 4.04. The van der Waals surface area contributed by atoms with Crippen molar-refractivity contribution >= 4 is 11.3 Å². The minimum Gasteiger partial charge on any atom is -0.321 e. The monoisotopic (exact) mass is 156 g/mol. The standard InChI is InChI=1S/C7H12N2S/c1-5-9-6(4-10-5)7(2,3)8/h4H,8H2,1-3H3. The Morgan fingerprint density at radius 1 is 1.60 bits per heavy atom. The molecule has 1 aromatic rings. The Kier molecular flexibility index (Phi) is 1.79. The fraction of sp³-hybridized carbons (Fsp3) is 0.571. The van der Waals surface area contributed by atoms with E-state index in [1.165, 1.54) is 0 Å². The van der Waals surface area contributed by atoms with E-state index in [1.807, 2.05) is 26.2 Å². The molecule has 1 heterocycles. The van der Waals surface area contributed by atoms with Crippen LogP contribution in [-0.2, 0) is 5.54 Å². The van der Waals surface area contributed by atoms with E-state index in [0.29, 0.717) is 0 Å². The Morgan fingerprint density at radius 2 is 2.20 bits per heavy atom. The SMILES string of the molecule is Cc1nc(C(C)(C)N)cs1. The van der Waals surface area contributed by atoms with Gasteiger partial charge in [0.2, 0.25) is 0 Å². The average molecular weight is 156 g/mol. The van der Waals surface area contributed by atoms with Gasteiger partial charge in [-0.2, -0.15) is 0 Å². The van der Waals surface area contributed by atoms with Gasteiger partial charge in [0.05, 0.1) is 16.2 Å². The van der Waals surface area contributed by atoms with Crippen LogP contribution in [-0.4, -0.2) is 4.98 Å². The fourth-order valence-electron chi connectivity index (χ4n) is 0.659. The van der Waals surface area contributed by atoms with Crippen molar-refractivity contribution in [1.29, 1.82) is 0 Å². The van der Waals surface area contributed by atoms with Crippen molar-refractivity contribution in [2.45, 2.75) is 26.3 Å². The Morgan fingerprint density at radius 3 is 2.40 bits per heavy atom. The summed E-state index contributed by atoms with van der Waals surface area (Å²) < 4.78 is 0. The smallest absolute Gasteiger partial charge is 0.0898 e. The highest BCUT2D eigenvalue weighted by molar-refractivity contribution is 7.09. The number of rotatable bonds is 1. The van der Waals surface area contributed by atoms with E-state index in [9.17, 15) is 0 Å². The van der Waals surface area contributed by atoms with Crippen molar-refractivity contribution < 1.29 is 0 Å². The van der Waals surface area contributed by atoms with Crippen LogP contribution in [0.3, 0.4) is 0 Å². The van der Waals surface area contributed by atoms with Gasteiger partial charge in [-0.25, -0.2) is 4.98 Å². The topological polar surface area (TPSA) is 38.9 Å². The molecule has 56 valence electrons. The molecule has 3 heteroatoms. The van der Waals surface area contributed by atoms with Gasteiger partial charge in [0, 0.05) is 5.38 Å². The lowest BCUT2D eigenvalue weighted by Gasteiger charge is -2.14. The van der Waals surface area contributed by atoms with Crippen LogP contribution < -0.4 is 5.73 Å². The van der Waals surface area contributed by atoms with Crippen molar-refractivity contribution in [2.24, 2.45) is 5.73 Å². The second-order valence-electron chi connectivity index (χ2n) is 2.97. The Labute approximate surface area is 65.1 Å². The van der Waals surface area contributed by atoms with Gasteiger partial charge in [-0.15, -0.1) is 11.3 Å². The number of hydrogen-bond donors (Lipinski definition) is 1. The molecular weight excluding hydrogens is 144 g/mol. The van der Waals surface area contributed by atoms with Gasteiger partial charge in [0.25, 0.3) is 0 Å². The van der Waals surface area contributed by atoms with Crippen LogP contribution in [0.15, 0.2) is 5.38 Å². The molecular formula is C7H12N2S. The molecule has 0 bridgehead atoms. The summed E-state index contributed by atoms with van der Waals surface area (Å²) in [6.07, 6.45) is 0. The van der Waals surface area contributed by atoms with Gasteiger partial charge in [-0.3, -0.25) is 0 Å². The minimum atomic E-state index is -0.287. The van der Waals surface area contributed by atoms with Gasteiger partial charge < -0.3 is 5.73 Å². The number of aromatic nitrogens is 1. The molecule has 2 N–H and O–H groups in total. The first-order valence-corrected chi connectivity index (χ1v) is 4.09. The first-order valence-electron chi connectivity index (χ1n) is 3.21. The maximum absolute atomic E-state index is 5.81. The largest absolute Gasteiger partial charge is 0.321 e. The molecule has 0 amide bonds. The summed E-state index contributed by atoms with van der Waals surface area (Å²) >= 11 is 1.64. The number of nitrogens with zero attached hydrogens (tertiary/aromatic N) is 1. The molecule has 1 aromatic heterocycles. The van der Waals surface area contributed by atoms with Crippen LogP contribution in [0.5, 0.6) is 0 Å². The molecule has 0 aromatic carbocycles. The third-order valence-corrected chi connectivity index (χ3v) is 2.05. The highest BCUT2D eigenvalue weighted by Crippen LogP contribution is 2.18. The van der Waals surface area contributed by atoms with Crippen molar-refractivity contribution in [3.63, 3.8) is 0 Å². The van der Waals surface area contributed by atoms with E-state index in [4.69, 9.17) is 5.73 Å². The molecule has 1 rings (SSSR count). The van der Waals surface area contributed by atoms with Crippen molar-refractivity contribution in [3.8, 4) is 0 Å². The van der Waals surface area contributed by atoms with Crippen LogP contribution in [0.2, 0.25) is 0 Å².